The van der Waals surface area contributed by atoms with Crippen LogP contribution in [0.25, 0.3) is 0 Å². The van der Waals surface area contributed by atoms with Crippen LogP contribution in [0.5, 0.6) is 5.75 Å². The molecule has 0 saturated carbocycles. The van der Waals surface area contributed by atoms with Crippen LogP contribution in [0, 0.1) is 10.1 Å². The van der Waals surface area contributed by atoms with E-state index in [0.717, 1.165) is 16.4 Å². The standard InChI is InChI=1S/C18H18N2O7S/c1-2-12-27-15-7-5-6-14(13-15)19(11-10-18(21)22)28(25,26)17-9-4-3-8-16(17)20(23)24/h2-9,13H,1,10-12H2,(H,21,22). The number of anilines is 1. The number of sulfonamides is 1. The highest BCUT2D eigenvalue weighted by molar-refractivity contribution is 7.93. The van der Waals surface area contributed by atoms with Gasteiger partial charge in [0.05, 0.1) is 17.0 Å². The first-order valence-electron chi connectivity index (χ1n) is 8.09. The normalized spacial score (nSPS) is 10.9. The largest absolute Gasteiger partial charge is 0.489 e. The first kappa shape index (κ1) is 20.9. The minimum absolute atomic E-state index is 0.126. The van der Waals surface area contributed by atoms with Gasteiger partial charge in [0.25, 0.3) is 15.7 Å². The highest BCUT2D eigenvalue weighted by atomic mass is 32.2. The van der Waals surface area contributed by atoms with Crippen molar-refractivity contribution in [1.82, 2.24) is 0 Å². The molecule has 2 aromatic carbocycles. The van der Waals surface area contributed by atoms with E-state index in [1.54, 1.807) is 6.07 Å². The number of carboxylic acids is 1. The maximum atomic E-state index is 13.2. The Morgan fingerprint density at radius 2 is 1.96 bits per heavy atom. The van der Waals surface area contributed by atoms with E-state index >= 15 is 0 Å². The molecular weight excluding hydrogens is 388 g/mol. The zero-order valence-corrected chi connectivity index (χ0v) is 15.5. The molecule has 1 N–H and O–H groups in total. The van der Waals surface area contributed by atoms with E-state index in [1.807, 2.05) is 0 Å². The molecule has 28 heavy (non-hydrogen) atoms. The van der Waals surface area contributed by atoms with Crippen molar-refractivity contribution in [2.75, 3.05) is 17.5 Å². The van der Waals surface area contributed by atoms with Gasteiger partial charge in [-0.15, -0.1) is 0 Å². The van der Waals surface area contributed by atoms with Gasteiger partial charge in [-0.1, -0.05) is 30.9 Å². The number of rotatable bonds is 10. The molecule has 0 amide bonds. The Labute approximate surface area is 161 Å². The molecule has 0 aliphatic carbocycles. The predicted molar refractivity (Wildman–Crippen MR) is 102 cm³/mol. The van der Waals surface area contributed by atoms with Gasteiger partial charge < -0.3 is 9.84 Å². The second-order valence-electron chi connectivity index (χ2n) is 5.54. The summed E-state index contributed by atoms with van der Waals surface area (Å²) < 4.78 is 32.5. The van der Waals surface area contributed by atoms with Crippen LogP contribution in [0.1, 0.15) is 6.42 Å². The summed E-state index contributed by atoms with van der Waals surface area (Å²) in [7, 11) is -4.41. The first-order valence-corrected chi connectivity index (χ1v) is 9.53. The van der Waals surface area contributed by atoms with Gasteiger partial charge in [0.15, 0.2) is 4.90 Å². The molecule has 0 aromatic heterocycles. The molecular formula is C18H18N2O7S. The van der Waals surface area contributed by atoms with Crippen molar-refractivity contribution in [3.8, 4) is 5.75 Å². The van der Waals surface area contributed by atoms with Gasteiger partial charge in [0.1, 0.15) is 12.4 Å². The van der Waals surface area contributed by atoms with Crippen molar-refractivity contribution in [3.05, 3.63) is 71.3 Å². The minimum Gasteiger partial charge on any atom is -0.489 e. The summed E-state index contributed by atoms with van der Waals surface area (Å²) >= 11 is 0. The average molecular weight is 406 g/mol. The predicted octanol–water partition coefficient (Wildman–Crippen LogP) is 2.83. The molecule has 0 aliphatic heterocycles. The highest BCUT2D eigenvalue weighted by Gasteiger charge is 2.32. The highest BCUT2D eigenvalue weighted by Crippen LogP contribution is 2.31. The van der Waals surface area contributed by atoms with Crippen LogP contribution >= 0.6 is 0 Å². The summed E-state index contributed by atoms with van der Waals surface area (Å²) in [5.41, 5.74) is -0.470. The summed E-state index contributed by atoms with van der Waals surface area (Å²) in [6, 6.07) is 10.9. The van der Waals surface area contributed by atoms with E-state index < -0.39 is 44.5 Å². The lowest BCUT2D eigenvalue weighted by molar-refractivity contribution is -0.387. The maximum Gasteiger partial charge on any atom is 0.305 e. The summed E-state index contributed by atoms with van der Waals surface area (Å²) in [6.45, 7) is 3.31. The van der Waals surface area contributed by atoms with E-state index in [0.29, 0.717) is 5.75 Å². The molecule has 0 radical (unpaired) electrons. The Balaban J connectivity index is 2.56. The molecule has 0 spiro atoms. The van der Waals surface area contributed by atoms with Crippen LogP contribution in [0.2, 0.25) is 0 Å². The molecule has 0 aliphatic rings. The van der Waals surface area contributed by atoms with E-state index in [9.17, 15) is 23.3 Å². The van der Waals surface area contributed by atoms with Gasteiger partial charge in [-0.2, -0.15) is 0 Å². The SMILES string of the molecule is C=CCOc1cccc(N(CCC(=O)O)S(=O)(=O)c2ccccc2[N+](=O)[O-])c1. The molecule has 2 rings (SSSR count). The van der Waals surface area contributed by atoms with Crippen LogP contribution in [-0.2, 0) is 14.8 Å². The number of aliphatic carboxylic acids is 1. The van der Waals surface area contributed by atoms with Crippen LogP contribution in [0.4, 0.5) is 11.4 Å². The van der Waals surface area contributed by atoms with Crippen molar-refractivity contribution in [2.24, 2.45) is 0 Å². The summed E-state index contributed by atoms with van der Waals surface area (Å²) in [4.78, 5) is 21.0. The summed E-state index contributed by atoms with van der Waals surface area (Å²) in [5, 5.41) is 20.3. The van der Waals surface area contributed by atoms with Gasteiger partial charge in [0.2, 0.25) is 0 Å². The summed E-state index contributed by atoms with van der Waals surface area (Å²) in [6.07, 6.45) is 1.02. The molecule has 0 unspecified atom stereocenters. The zero-order valence-electron chi connectivity index (χ0n) is 14.7. The Morgan fingerprint density at radius 3 is 2.61 bits per heavy atom. The van der Waals surface area contributed by atoms with Gasteiger partial charge in [0, 0.05) is 18.7 Å². The van der Waals surface area contributed by atoms with Gasteiger partial charge in [-0.3, -0.25) is 19.2 Å². The van der Waals surface area contributed by atoms with E-state index in [4.69, 9.17) is 9.84 Å². The van der Waals surface area contributed by atoms with Gasteiger partial charge >= 0.3 is 5.97 Å². The van der Waals surface area contributed by atoms with Crippen molar-refractivity contribution in [3.63, 3.8) is 0 Å². The number of carboxylic acid groups (broad SMARTS) is 1. The van der Waals surface area contributed by atoms with Crippen LogP contribution in [0.15, 0.2) is 66.1 Å². The number of benzene rings is 2. The monoisotopic (exact) mass is 406 g/mol. The van der Waals surface area contributed by atoms with E-state index in [2.05, 4.69) is 6.58 Å². The quantitative estimate of drug-likeness (QED) is 0.365. The number of nitro benzene ring substituents is 1. The molecule has 2 aromatic rings. The lowest BCUT2D eigenvalue weighted by Crippen LogP contribution is -2.33. The Bertz CT molecular complexity index is 989. The van der Waals surface area contributed by atoms with E-state index in [-0.39, 0.29) is 12.3 Å². The fourth-order valence-electron chi connectivity index (χ4n) is 2.41. The fraction of sp³-hybridized carbons (Fsp3) is 0.167. The zero-order chi connectivity index (χ0) is 20.7. The molecule has 148 valence electrons. The van der Waals surface area contributed by atoms with Crippen LogP contribution in [-0.4, -0.2) is 37.6 Å². The number of hydrogen-bond donors (Lipinski definition) is 1. The third kappa shape index (κ3) is 4.86. The first-order chi connectivity index (χ1) is 13.3. The Morgan fingerprint density at radius 1 is 1.25 bits per heavy atom. The third-order valence-corrected chi connectivity index (χ3v) is 5.51. The minimum atomic E-state index is -4.41. The van der Waals surface area contributed by atoms with Crippen molar-refractivity contribution >= 4 is 27.4 Å². The molecule has 0 bridgehead atoms. The maximum absolute atomic E-state index is 13.2. The molecule has 0 saturated heterocycles. The fourth-order valence-corrected chi connectivity index (χ4v) is 4.03. The van der Waals surface area contributed by atoms with Crippen molar-refractivity contribution < 1.29 is 28.0 Å². The van der Waals surface area contributed by atoms with Crippen LogP contribution < -0.4 is 9.04 Å². The van der Waals surface area contributed by atoms with E-state index in [1.165, 1.54) is 36.4 Å². The summed E-state index contributed by atoms with van der Waals surface area (Å²) in [5.74, 6) is -0.864. The number of ether oxygens (including phenoxy) is 1. The molecule has 0 fully saturated rings. The van der Waals surface area contributed by atoms with Crippen molar-refractivity contribution in [2.45, 2.75) is 11.3 Å². The number of nitro groups is 1. The Kier molecular flexibility index (Phi) is 6.72. The van der Waals surface area contributed by atoms with Crippen LogP contribution in [0.3, 0.4) is 0 Å². The topological polar surface area (TPSA) is 127 Å². The molecule has 10 heteroatoms. The van der Waals surface area contributed by atoms with Gasteiger partial charge in [-0.05, 0) is 18.2 Å². The van der Waals surface area contributed by atoms with Gasteiger partial charge in [-0.25, -0.2) is 8.42 Å². The molecule has 0 heterocycles. The number of para-hydroxylation sites is 1. The molecule has 0 atom stereocenters. The van der Waals surface area contributed by atoms with Crippen molar-refractivity contribution in [1.29, 1.82) is 0 Å². The number of nitrogens with zero attached hydrogens (tertiary/aromatic N) is 2. The third-order valence-electron chi connectivity index (χ3n) is 3.63. The average Bonchev–Trinajstić information content (AvgIpc) is 2.66. The number of hydrogen-bond acceptors (Lipinski definition) is 6. The Hall–Kier alpha value is -3.40. The number of carbonyl (C=O) groups is 1. The lowest BCUT2D eigenvalue weighted by atomic mass is 10.3. The second kappa shape index (κ2) is 9.00. The molecule has 9 nitrogen and oxygen atoms in total. The smallest absolute Gasteiger partial charge is 0.305 e. The lowest BCUT2D eigenvalue weighted by Gasteiger charge is -2.24. The second-order valence-corrected chi connectivity index (χ2v) is 7.37.